The van der Waals surface area contributed by atoms with Crippen LogP contribution in [-0.2, 0) is 11.3 Å². The Hall–Kier alpha value is -1.36. The lowest BCUT2D eigenvalue weighted by atomic mass is 9.99. The van der Waals surface area contributed by atoms with Crippen LogP contribution < -0.4 is 11.1 Å². The topological polar surface area (TPSA) is 81.2 Å². The van der Waals surface area contributed by atoms with E-state index in [0.29, 0.717) is 12.3 Å². The molecule has 5 heteroatoms. The molecule has 1 amide bonds. The number of carbonyl (C=O) groups is 1. The highest BCUT2D eigenvalue weighted by molar-refractivity contribution is 5.81. The summed E-state index contributed by atoms with van der Waals surface area (Å²) < 4.78 is 4.98. The van der Waals surface area contributed by atoms with E-state index in [9.17, 15) is 4.79 Å². The van der Waals surface area contributed by atoms with Gasteiger partial charge in [-0.15, -0.1) is 0 Å². The number of nitrogens with two attached hydrogens (primary N) is 1. The fraction of sp³-hybridized carbons (Fsp3) is 0.636. The zero-order chi connectivity index (χ0) is 12.1. The summed E-state index contributed by atoms with van der Waals surface area (Å²) in [7, 11) is 0. The maximum absolute atomic E-state index is 11.6. The molecule has 1 aromatic rings. The first-order valence-corrected chi connectivity index (χ1v) is 5.50. The predicted octanol–water partition coefficient (Wildman–Crippen LogP) is 0.973. The third kappa shape index (κ3) is 3.34. The van der Waals surface area contributed by atoms with Crippen LogP contribution in [0.3, 0.4) is 0 Å². The van der Waals surface area contributed by atoms with Gasteiger partial charge in [0, 0.05) is 6.07 Å². The molecule has 0 aromatic carbocycles. The highest BCUT2D eigenvalue weighted by atomic mass is 16.5. The molecule has 0 aliphatic carbocycles. The Labute approximate surface area is 95.4 Å². The molecule has 2 atom stereocenters. The van der Waals surface area contributed by atoms with Gasteiger partial charge in [0.05, 0.1) is 18.3 Å². The number of nitrogens with zero attached hydrogens (tertiary/aromatic N) is 1. The molecule has 0 radical (unpaired) electrons. The number of carbonyl (C=O) groups excluding carboxylic acids is 1. The molecule has 0 spiro atoms. The van der Waals surface area contributed by atoms with Gasteiger partial charge in [-0.25, -0.2) is 0 Å². The fourth-order valence-electron chi connectivity index (χ4n) is 1.30. The maximum atomic E-state index is 11.6. The van der Waals surface area contributed by atoms with Crippen molar-refractivity contribution >= 4 is 5.91 Å². The van der Waals surface area contributed by atoms with Gasteiger partial charge >= 0.3 is 0 Å². The lowest BCUT2D eigenvalue weighted by Gasteiger charge is -2.16. The molecule has 16 heavy (non-hydrogen) atoms. The quantitative estimate of drug-likeness (QED) is 0.782. The molecule has 0 aliphatic heterocycles. The molecule has 1 heterocycles. The molecule has 0 fully saturated rings. The van der Waals surface area contributed by atoms with Crippen LogP contribution in [0.4, 0.5) is 0 Å². The van der Waals surface area contributed by atoms with E-state index in [-0.39, 0.29) is 11.8 Å². The van der Waals surface area contributed by atoms with Crippen LogP contribution in [0.1, 0.15) is 31.7 Å². The average Bonchev–Trinajstić information content (AvgIpc) is 2.69. The van der Waals surface area contributed by atoms with Crippen LogP contribution in [0.5, 0.6) is 0 Å². The molecular formula is C11H19N3O2. The third-order valence-corrected chi connectivity index (χ3v) is 2.67. The number of hydrogen-bond donors (Lipinski definition) is 2. The van der Waals surface area contributed by atoms with Crippen LogP contribution in [-0.4, -0.2) is 17.1 Å². The van der Waals surface area contributed by atoms with Crippen molar-refractivity contribution in [2.75, 3.05) is 0 Å². The van der Waals surface area contributed by atoms with E-state index >= 15 is 0 Å². The Kier molecular flexibility index (Phi) is 4.49. The van der Waals surface area contributed by atoms with E-state index in [1.165, 1.54) is 0 Å². The van der Waals surface area contributed by atoms with Crippen molar-refractivity contribution in [3.63, 3.8) is 0 Å². The standard InChI is InChI=1S/C11H19N3O2/c1-4-7(2)10(12)11(15)13-6-9-5-8(3)14-16-9/h5,7,10H,4,6,12H2,1-3H3,(H,13,15)/t7?,10-/m0/s1. The second-order valence-electron chi connectivity index (χ2n) is 4.06. The van der Waals surface area contributed by atoms with Gasteiger partial charge < -0.3 is 15.6 Å². The molecule has 5 nitrogen and oxygen atoms in total. The summed E-state index contributed by atoms with van der Waals surface area (Å²) in [5.74, 6) is 0.669. The Morgan fingerprint density at radius 1 is 1.69 bits per heavy atom. The lowest BCUT2D eigenvalue weighted by Crippen LogP contribution is -2.44. The molecular weight excluding hydrogens is 206 g/mol. The number of amides is 1. The van der Waals surface area contributed by atoms with Gasteiger partial charge in [-0.2, -0.15) is 0 Å². The summed E-state index contributed by atoms with van der Waals surface area (Å²) in [6, 6.07) is 1.32. The lowest BCUT2D eigenvalue weighted by molar-refractivity contribution is -0.123. The zero-order valence-corrected chi connectivity index (χ0v) is 9.99. The van der Waals surface area contributed by atoms with Crippen LogP contribution >= 0.6 is 0 Å². The van der Waals surface area contributed by atoms with Crippen LogP contribution in [0, 0.1) is 12.8 Å². The SMILES string of the molecule is CCC(C)[C@H](N)C(=O)NCc1cc(C)no1. The van der Waals surface area contributed by atoms with Crippen molar-refractivity contribution in [3.05, 3.63) is 17.5 Å². The van der Waals surface area contributed by atoms with Crippen molar-refractivity contribution < 1.29 is 9.32 Å². The minimum atomic E-state index is -0.464. The molecule has 0 saturated carbocycles. The van der Waals surface area contributed by atoms with Crippen LogP contribution in [0.2, 0.25) is 0 Å². The van der Waals surface area contributed by atoms with Gasteiger partial charge in [-0.3, -0.25) is 4.79 Å². The largest absolute Gasteiger partial charge is 0.359 e. The number of aryl methyl sites for hydroxylation is 1. The van der Waals surface area contributed by atoms with Crippen molar-refractivity contribution in [2.45, 2.75) is 39.8 Å². The molecule has 1 rings (SSSR count). The Morgan fingerprint density at radius 3 is 2.88 bits per heavy atom. The van der Waals surface area contributed by atoms with Crippen molar-refractivity contribution in [2.24, 2.45) is 11.7 Å². The first-order chi connectivity index (χ1) is 7.54. The van der Waals surface area contributed by atoms with Gasteiger partial charge in [0.1, 0.15) is 0 Å². The molecule has 90 valence electrons. The van der Waals surface area contributed by atoms with E-state index in [1.807, 2.05) is 20.8 Å². The fourth-order valence-corrected chi connectivity index (χ4v) is 1.30. The molecule has 3 N–H and O–H groups in total. The number of aromatic nitrogens is 1. The van der Waals surface area contributed by atoms with E-state index < -0.39 is 6.04 Å². The summed E-state index contributed by atoms with van der Waals surface area (Å²) in [5, 5.41) is 6.46. The molecule has 1 aromatic heterocycles. The van der Waals surface area contributed by atoms with E-state index in [0.717, 1.165) is 12.1 Å². The number of nitrogens with one attached hydrogen (secondary N) is 1. The normalized spacial score (nSPS) is 14.5. The van der Waals surface area contributed by atoms with E-state index in [1.54, 1.807) is 6.07 Å². The first kappa shape index (κ1) is 12.7. The number of hydrogen-bond acceptors (Lipinski definition) is 4. The van der Waals surface area contributed by atoms with E-state index in [4.69, 9.17) is 10.3 Å². The minimum absolute atomic E-state index is 0.150. The van der Waals surface area contributed by atoms with Gasteiger partial charge in [0.25, 0.3) is 0 Å². The monoisotopic (exact) mass is 225 g/mol. The van der Waals surface area contributed by atoms with Gasteiger partial charge in [0.15, 0.2) is 5.76 Å². The highest BCUT2D eigenvalue weighted by Gasteiger charge is 2.19. The van der Waals surface area contributed by atoms with Gasteiger partial charge in [-0.05, 0) is 12.8 Å². The summed E-state index contributed by atoms with van der Waals surface area (Å²) in [6.45, 7) is 6.14. The first-order valence-electron chi connectivity index (χ1n) is 5.50. The summed E-state index contributed by atoms with van der Waals surface area (Å²) in [5.41, 5.74) is 6.58. The Bertz CT molecular complexity index is 349. The third-order valence-electron chi connectivity index (χ3n) is 2.67. The predicted molar refractivity (Wildman–Crippen MR) is 60.5 cm³/mol. The highest BCUT2D eigenvalue weighted by Crippen LogP contribution is 2.06. The van der Waals surface area contributed by atoms with Crippen molar-refractivity contribution in [1.29, 1.82) is 0 Å². The van der Waals surface area contributed by atoms with Gasteiger partial charge in [0.2, 0.25) is 5.91 Å². The summed E-state index contributed by atoms with van der Waals surface area (Å²) >= 11 is 0. The van der Waals surface area contributed by atoms with Crippen LogP contribution in [0.25, 0.3) is 0 Å². The minimum Gasteiger partial charge on any atom is -0.359 e. The van der Waals surface area contributed by atoms with Crippen molar-refractivity contribution in [1.82, 2.24) is 10.5 Å². The average molecular weight is 225 g/mol. The smallest absolute Gasteiger partial charge is 0.237 e. The second-order valence-corrected chi connectivity index (χ2v) is 4.06. The molecule has 0 saturated heterocycles. The van der Waals surface area contributed by atoms with Crippen LogP contribution in [0.15, 0.2) is 10.6 Å². The van der Waals surface area contributed by atoms with E-state index in [2.05, 4.69) is 10.5 Å². The Morgan fingerprint density at radius 2 is 2.38 bits per heavy atom. The number of rotatable bonds is 5. The van der Waals surface area contributed by atoms with Crippen molar-refractivity contribution in [3.8, 4) is 0 Å². The second kappa shape index (κ2) is 5.65. The molecule has 0 bridgehead atoms. The summed E-state index contributed by atoms with van der Waals surface area (Å²) in [4.78, 5) is 11.6. The van der Waals surface area contributed by atoms with Gasteiger partial charge in [-0.1, -0.05) is 25.4 Å². The molecule has 1 unspecified atom stereocenters. The maximum Gasteiger partial charge on any atom is 0.237 e. The summed E-state index contributed by atoms with van der Waals surface area (Å²) in [6.07, 6.45) is 0.885. The Balaban J connectivity index is 2.40. The molecule has 0 aliphatic rings. The zero-order valence-electron chi connectivity index (χ0n) is 9.99.